The van der Waals surface area contributed by atoms with Crippen LogP contribution >= 0.6 is 46.4 Å². The van der Waals surface area contributed by atoms with E-state index < -0.39 is 20.0 Å². The van der Waals surface area contributed by atoms with Gasteiger partial charge in [0.1, 0.15) is 29.5 Å². The fourth-order valence-corrected chi connectivity index (χ4v) is 17.3. The van der Waals surface area contributed by atoms with Gasteiger partial charge < -0.3 is 39.1 Å². The minimum atomic E-state index is -3.79. The summed E-state index contributed by atoms with van der Waals surface area (Å²) in [5.41, 5.74) is 4.12. The molecule has 10 rings (SSSR count). The van der Waals surface area contributed by atoms with Crippen LogP contribution in [0.5, 0.6) is 11.5 Å². The molecule has 18 nitrogen and oxygen atoms in total. The van der Waals surface area contributed by atoms with E-state index in [0.717, 1.165) is 54.4 Å². The highest BCUT2D eigenvalue weighted by Gasteiger charge is 2.49. The highest BCUT2D eigenvalue weighted by molar-refractivity contribution is 7.89. The zero-order valence-electron chi connectivity index (χ0n) is 49.9. The summed E-state index contributed by atoms with van der Waals surface area (Å²) < 4.78 is 93.3. The lowest BCUT2D eigenvalue weighted by atomic mass is 9.98. The Morgan fingerprint density at radius 1 is 0.466 bits per heavy atom. The molecule has 2 aliphatic carbocycles. The van der Waals surface area contributed by atoms with Crippen LogP contribution in [0, 0.1) is 0 Å². The van der Waals surface area contributed by atoms with Crippen LogP contribution in [-0.2, 0) is 56.6 Å². The zero-order chi connectivity index (χ0) is 61.6. The first-order valence-corrected chi connectivity index (χ1v) is 36.0. The second kappa shape index (κ2) is 32.1. The molecule has 4 bridgehead atoms. The third-order valence-electron chi connectivity index (χ3n) is 18.1. The molecule has 8 atom stereocenters. The van der Waals surface area contributed by atoms with Crippen LogP contribution in [0.3, 0.4) is 0 Å². The summed E-state index contributed by atoms with van der Waals surface area (Å²) in [6.45, 7) is 3.13. The SMILES string of the molecule is O=C(CCCCCNC(=O)NCCOCCOCCNS(=O)(=O)c1ccc(O[C@H]2c3cc(Cl)cc(Cl)c3C[C@@H]2N2C3CCCC2CC3)cc1)CCCOCCOCCNS(=O)(=O)c1ccc(O[C@H]2c3cc(Cl)cc(Cl)c3C[C@@H]2N2C3CCCC2CC3)cc1. The number of rotatable bonds is 35. The topological polar surface area (TPSA) is 212 Å². The molecule has 24 heteroatoms. The van der Waals surface area contributed by atoms with Crippen molar-refractivity contribution in [2.75, 3.05) is 79.0 Å². The van der Waals surface area contributed by atoms with Gasteiger partial charge in [-0.3, -0.25) is 14.6 Å². The predicted octanol–water partition coefficient (Wildman–Crippen LogP) is 11.0. The van der Waals surface area contributed by atoms with Crippen molar-refractivity contribution in [3.05, 3.63) is 115 Å². The summed E-state index contributed by atoms with van der Waals surface area (Å²) in [7, 11) is -7.58. The van der Waals surface area contributed by atoms with Gasteiger partial charge in [0.2, 0.25) is 20.0 Å². The van der Waals surface area contributed by atoms with Crippen LogP contribution in [0.25, 0.3) is 0 Å². The number of urea groups is 1. The first-order valence-electron chi connectivity index (χ1n) is 31.5. The second-order valence-corrected chi connectivity index (χ2v) is 29.1. The van der Waals surface area contributed by atoms with Crippen molar-refractivity contribution in [1.82, 2.24) is 29.9 Å². The number of hydrogen-bond acceptors (Lipinski definition) is 14. The van der Waals surface area contributed by atoms with Gasteiger partial charge in [0, 0.05) is 101 Å². The Morgan fingerprint density at radius 2 is 0.875 bits per heavy atom. The highest BCUT2D eigenvalue weighted by Crippen LogP contribution is 2.50. The number of sulfonamides is 2. The lowest BCUT2D eigenvalue weighted by molar-refractivity contribution is -0.119. The summed E-state index contributed by atoms with van der Waals surface area (Å²) in [5.74, 6) is 1.31. The molecular formula is C64H84Cl4N6O12S2. The van der Waals surface area contributed by atoms with E-state index >= 15 is 0 Å². The van der Waals surface area contributed by atoms with Crippen molar-refractivity contribution in [2.45, 2.75) is 174 Å². The van der Waals surface area contributed by atoms with Crippen molar-refractivity contribution in [3.63, 3.8) is 0 Å². The number of unbranched alkanes of at least 4 members (excludes halogenated alkanes) is 2. The first-order chi connectivity index (χ1) is 42.6. The number of ketones is 1. The Kier molecular flexibility index (Phi) is 24.5. The summed E-state index contributed by atoms with van der Waals surface area (Å²) >= 11 is 26.4. The van der Waals surface area contributed by atoms with Gasteiger partial charge in [0.05, 0.1) is 68.1 Å². The normalized spacial score (nSPS) is 23.3. The predicted molar refractivity (Wildman–Crippen MR) is 340 cm³/mol. The minimum Gasteiger partial charge on any atom is -0.484 e. The zero-order valence-corrected chi connectivity index (χ0v) is 54.5. The molecule has 0 spiro atoms. The number of hydrogen-bond donors (Lipinski definition) is 4. The number of ether oxygens (including phenoxy) is 6. The van der Waals surface area contributed by atoms with Crippen LogP contribution in [0.15, 0.2) is 82.6 Å². The van der Waals surface area contributed by atoms with Gasteiger partial charge in [-0.2, -0.15) is 0 Å². The molecule has 482 valence electrons. The molecule has 4 heterocycles. The standard InChI is InChI=1S/C64H84Cl4N6O12S2/c65-43-37-56-54(58(67)39-43)41-60(73-45-7-4-8-46(73)14-13-45)62(56)85-50-17-21-52(22-18-50)87(77,78)71-27-31-83-34-33-81-29-6-12-49(75)11-2-1-3-25-69-64(76)70-26-30-82-35-36-84-32-28-72-88(79,80)53-23-19-51(20-24-53)86-63-57-38-44(66)40-59(68)55(57)42-61(63)74-47-9-5-10-48(74)16-15-47/h17-24,37-40,45-48,60-63,71-72H,1-16,25-36,41-42H2,(H2,69,70,76)/t45?,46?,47?,48?,60-,61-,62-,63-/m0/s1. The Morgan fingerprint density at radius 3 is 1.33 bits per heavy atom. The molecule has 4 unspecified atom stereocenters. The van der Waals surface area contributed by atoms with Gasteiger partial charge in [-0.25, -0.2) is 31.1 Å². The Hall–Kier alpha value is -3.84. The average Bonchev–Trinajstić information content (AvgIpc) is 1.85. The number of nitrogens with one attached hydrogen (secondary N) is 4. The minimum absolute atomic E-state index is 0.0792. The second-order valence-electron chi connectivity index (χ2n) is 23.9. The average molecular weight is 1340 g/mol. The van der Waals surface area contributed by atoms with Crippen LogP contribution in [0.1, 0.15) is 137 Å². The number of carbonyl (C=O) groups is 2. The number of amides is 2. The lowest BCUT2D eigenvalue weighted by Crippen LogP contribution is -2.49. The summed E-state index contributed by atoms with van der Waals surface area (Å²) in [5, 5.41) is 8.01. The molecule has 4 aliphatic heterocycles. The van der Waals surface area contributed by atoms with Gasteiger partial charge in [0.15, 0.2) is 0 Å². The molecule has 4 aromatic rings. The summed E-state index contributed by atoms with van der Waals surface area (Å²) in [6.07, 6.45) is 16.8. The number of carbonyl (C=O) groups excluding carboxylic acids is 2. The largest absolute Gasteiger partial charge is 0.484 e. The van der Waals surface area contributed by atoms with Gasteiger partial charge in [-0.1, -0.05) is 65.7 Å². The Balaban J connectivity index is 0.499. The van der Waals surface area contributed by atoms with Gasteiger partial charge in [-0.15, -0.1) is 0 Å². The number of halogens is 4. The summed E-state index contributed by atoms with van der Waals surface area (Å²) in [6, 6.07) is 22.6. The smallest absolute Gasteiger partial charge is 0.314 e. The van der Waals surface area contributed by atoms with Crippen LogP contribution in [-0.4, -0.2) is 154 Å². The Labute approximate surface area is 539 Å². The molecule has 4 N–H and O–H groups in total. The van der Waals surface area contributed by atoms with E-state index in [0.29, 0.717) is 101 Å². The van der Waals surface area contributed by atoms with Gasteiger partial charge in [0.25, 0.3) is 0 Å². The number of benzene rings is 4. The van der Waals surface area contributed by atoms with E-state index in [4.69, 9.17) is 74.8 Å². The summed E-state index contributed by atoms with van der Waals surface area (Å²) in [4.78, 5) is 30.2. The van der Waals surface area contributed by atoms with Crippen LogP contribution in [0.4, 0.5) is 4.79 Å². The molecule has 2 amide bonds. The molecule has 0 saturated carbocycles. The van der Waals surface area contributed by atoms with Crippen molar-refractivity contribution >= 4 is 78.3 Å². The fraction of sp³-hybridized carbons (Fsp3) is 0.594. The van der Waals surface area contributed by atoms with E-state index in [1.165, 1.54) is 64.2 Å². The molecule has 0 radical (unpaired) electrons. The van der Waals surface area contributed by atoms with Crippen molar-refractivity contribution < 1.29 is 54.8 Å². The monoisotopic (exact) mass is 1330 g/mol. The van der Waals surface area contributed by atoms with Crippen molar-refractivity contribution in [3.8, 4) is 11.5 Å². The maximum atomic E-state index is 13.1. The van der Waals surface area contributed by atoms with Gasteiger partial charge in [-0.05, 0) is 167 Å². The third kappa shape index (κ3) is 17.6. The molecule has 88 heavy (non-hydrogen) atoms. The van der Waals surface area contributed by atoms with E-state index in [-0.39, 0.29) is 98.6 Å². The molecule has 0 aromatic heterocycles. The third-order valence-corrected chi connectivity index (χ3v) is 22.2. The van der Waals surface area contributed by atoms with E-state index in [9.17, 15) is 26.4 Å². The number of nitrogens with zero attached hydrogens (tertiary/aromatic N) is 2. The van der Waals surface area contributed by atoms with Crippen molar-refractivity contribution in [2.24, 2.45) is 0 Å². The lowest BCUT2D eigenvalue weighted by Gasteiger charge is -2.41. The molecule has 6 aliphatic rings. The van der Waals surface area contributed by atoms with Crippen LogP contribution in [0.2, 0.25) is 20.1 Å². The van der Waals surface area contributed by atoms with E-state index in [1.807, 2.05) is 12.1 Å². The molecule has 4 saturated heterocycles. The molecular weight excluding hydrogens is 1250 g/mol. The fourth-order valence-electron chi connectivity index (χ4n) is 14.1. The van der Waals surface area contributed by atoms with E-state index in [1.54, 1.807) is 60.7 Å². The van der Waals surface area contributed by atoms with Gasteiger partial charge >= 0.3 is 6.03 Å². The highest BCUT2D eigenvalue weighted by atomic mass is 35.5. The first kappa shape index (κ1) is 67.1. The number of fused-ring (bicyclic) bond motifs is 6. The maximum Gasteiger partial charge on any atom is 0.314 e. The molecule has 4 fully saturated rings. The van der Waals surface area contributed by atoms with Crippen molar-refractivity contribution in [1.29, 1.82) is 0 Å². The number of piperidine rings is 2. The van der Waals surface area contributed by atoms with Crippen LogP contribution < -0.4 is 29.6 Å². The Bertz CT molecular complexity index is 2970. The van der Waals surface area contributed by atoms with E-state index in [2.05, 4.69) is 29.9 Å². The quantitative estimate of drug-likeness (QED) is 0.0316. The number of Topliss-reactive ketones (excluding diaryl/α,β-unsaturated/α-hetero) is 1. The molecule has 4 aromatic carbocycles. The maximum absolute atomic E-state index is 13.1.